The first-order valence-corrected chi connectivity index (χ1v) is 10.7. The molecular weight excluding hydrogens is 488 g/mol. The predicted octanol–water partition coefficient (Wildman–Crippen LogP) is 2.60. The van der Waals surface area contributed by atoms with E-state index in [1.807, 2.05) is 0 Å². The molecular formula is C16H11N3Na2O9S2. The van der Waals surface area contributed by atoms with E-state index < -0.39 is 51.8 Å². The fourth-order valence-corrected chi connectivity index (χ4v) is 4.00. The summed E-state index contributed by atoms with van der Waals surface area (Å²) in [6, 6.07) is 8.85. The van der Waals surface area contributed by atoms with Crippen molar-refractivity contribution >= 4 is 107 Å². The monoisotopic (exact) mass is 499 g/mol. The number of nitrogens with zero attached hydrogens (tertiary/aromatic N) is 3. The number of rotatable bonds is 5. The minimum Gasteiger partial charge on any atom is -0.505 e. The molecule has 0 unspecified atom stereocenters. The van der Waals surface area contributed by atoms with E-state index in [4.69, 9.17) is 0 Å². The zero-order chi connectivity index (χ0) is 22.3. The van der Waals surface area contributed by atoms with Gasteiger partial charge in [-0.3, -0.25) is 19.2 Å². The number of nitro benzene ring substituents is 1. The van der Waals surface area contributed by atoms with Gasteiger partial charge in [0.2, 0.25) is 0 Å². The average Bonchev–Trinajstić information content (AvgIpc) is 2.65. The summed E-state index contributed by atoms with van der Waals surface area (Å²) in [4.78, 5) is 8.45. The van der Waals surface area contributed by atoms with Crippen LogP contribution in [0.3, 0.4) is 0 Å². The van der Waals surface area contributed by atoms with Gasteiger partial charge in [0.15, 0.2) is 5.75 Å². The minimum atomic E-state index is -4.93. The van der Waals surface area contributed by atoms with Crippen LogP contribution < -0.4 is 0 Å². The van der Waals surface area contributed by atoms with Gasteiger partial charge in [-0.05, 0) is 29.7 Å². The second kappa shape index (κ2) is 10.6. The van der Waals surface area contributed by atoms with Gasteiger partial charge in [-0.2, -0.15) is 21.9 Å². The Labute approximate surface area is 225 Å². The average molecular weight is 499 g/mol. The Balaban J connectivity index is 0.00000256. The first-order chi connectivity index (χ1) is 13.9. The van der Waals surface area contributed by atoms with E-state index in [1.54, 1.807) is 0 Å². The Hall–Kier alpha value is -1.46. The summed E-state index contributed by atoms with van der Waals surface area (Å²) in [5.74, 6) is -0.973. The third-order valence-electron chi connectivity index (χ3n) is 3.92. The number of non-ortho nitro benzene ring substituents is 1. The molecule has 0 spiro atoms. The topological polar surface area (TPSA) is 197 Å². The molecule has 158 valence electrons. The van der Waals surface area contributed by atoms with Crippen molar-refractivity contribution in [3.05, 3.63) is 58.6 Å². The molecule has 3 aromatic carbocycles. The van der Waals surface area contributed by atoms with Crippen LogP contribution >= 0.6 is 0 Å². The molecule has 3 N–H and O–H groups in total. The number of phenolic OH excluding ortho intramolecular Hbond substituents is 1. The van der Waals surface area contributed by atoms with E-state index >= 15 is 0 Å². The van der Waals surface area contributed by atoms with Gasteiger partial charge >= 0.3 is 0 Å². The van der Waals surface area contributed by atoms with Crippen molar-refractivity contribution in [1.29, 1.82) is 0 Å². The Kier molecular flexibility index (Phi) is 9.51. The third-order valence-corrected chi connectivity index (χ3v) is 5.68. The van der Waals surface area contributed by atoms with Crippen LogP contribution in [0.25, 0.3) is 10.8 Å². The van der Waals surface area contributed by atoms with Crippen LogP contribution in [0.5, 0.6) is 5.75 Å². The molecule has 12 nitrogen and oxygen atoms in total. The summed E-state index contributed by atoms with van der Waals surface area (Å²) in [5.41, 5.74) is -0.997. The molecule has 0 saturated carbocycles. The van der Waals surface area contributed by atoms with Gasteiger partial charge in [0.1, 0.15) is 15.5 Å². The quantitative estimate of drug-likeness (QED) is 0.155. The first kappa shape index (κ1) is 28.6. The predicted molar refractivity (Wildman–Crippen MR) is 114 cm³/mol. The fourth-order valence-electron chi connectivity index (χ4n) is 2.62. The number of nitro groups is 1. The summed E-state index contributed by atoms with van der Waals surface area (Å²) in [7, 11) is -9.74. The van der Waals surface area contributed by atoms with E-state index in [0.29, 0.717) is 0 Å². The number of fused-ring (bicyclic) bond motifs is 1. The van der Waals surface area contributed by atoms with Crippen LogP contribution in [-0.2, 0) is 20.2 Å². The number of benzene rings is 3. The maximum absolute atomic E-state index is 11.8. The number of hydrogen-bond acceptors (Lipinski definition) is 9. The maximum Gasteiger partial charge on any atom is 0.296 e. The molecule has 0 saturated heterocycles. The second-order valence-electron chi connectivity index (χ2n) is 5.85. The Bertz CT molecular complexity index is 1430. The molecule has 0 bridgehead atoms. The summed E-state index contributed by atoms with van der Waals surface area (Å²) >= 11 is 0. The number of aromatic hydroxyl groups is 1. The van der Waals surface area contributed by atoms with E-state index in [9.17, 15) is 41.2 Å². The molecule has 0 aliphatic heterocycles. The molecule has 32 heavy (non-hydrogen) atoms. The Morgan fingerprint density at radius 3 is 1.91 bits per heavy atom. The molecule has 3 rings (SSSR count). The van der Waals surface area contributed by atoms with Gasteiger partial charge in [0, 0.05) is 76.6 Å². The SMILES string of the molecule is O=[N+]([O-])c1ccc(N=Nc2c(S(=O)(=O)O)cc3cccc(S(=O)(=O)O)c3c2O)cc1.[Na].[Na]. The Morgan fingerprint density at radius 2 is 1.41 bits per heavy atom. The molecule has 0 heterocycles. The van der Waals surface area contributed by atoms with Gasteiger partial charge in [0.05, 0.1) is 10.6 Å². The fraction of sp³-hybridized carbons (Fsp3) is 0. The summed E-state index contributed by atoms with van der Waals surface area (Å²) < 4.78 is 65.7. The minimum absolute atomic E-state index is 0. The molecule has 0 atom stereocenters. The van der Waals surface area contributed by atoms with Crippen LogP contribution in [0, 0.1) is 10.1 Å². The van der Waals surface area contributed by atoms with Crippen LogP contribution in [0.2, 0.25) is 0 Å². The third kappa shape index (κ3) is 6.11. The summed E-state index contributed by atoms with van der Waals surface area (Å²) in [6.07, 6.45) is 0. The molecule has 0 aliphatic carbocycles. The van der Waals surface area contributed by atoms with Gasteiger partial charge in [-0.1, -0.05) is 12.1 Å². The number of hydrogen-bond donors (Lipinski definition) is 3. The molecule has 0 aromatic heterocycles. The van der Waals surface area contributed by atoms with E-state index in [1.165, 1.54) is 24.3 Å². The molecule has 0 aliphatic rings. The van der Waals surface area contributed by atoms with Crippen molar-refractivity contribution < 1.29 is 36.0 Å². The van der Waals surface area contributed by atoms with Crippen molar-refractivity contribution in [1.82, 2.24) is 0 Å². The zero-order valence-electron chi connectivity index (χ0n) is 16.6. The molecule has 16 heteroatoms. The summed E-state index contributed by atoms with van der Waals surface area (Å²) in [6.45, 7) is 0. The van der Waals surface area contributed by atoms with Crippen molar-refractivity contribution in [3.8, 4) is 5.75 Å². The van der Waals surface area contributed by atoms with E-state index in [0.717, 1.165) is 24.3 Å². The largest absolute Gasteiger partial charge is 0.505 e. The van der Waals surface area contributed by atoms with Crippen LogP contribution in [0.4, 0.5) is 17.1 Å². The number of phenols is 1. The van der Waals surface area contributed by atoms with Crippen molar-refractivity contribution in [2.24, 2.45) is 10.2 Å². The molecule has 0 amide bonds. The normalized spacial score (nSPS) is 11.7. The van der Waals surface area contributed by atoms with Crippen LogP contribution in [-0.4, -0.2) is 95.1 Å². The Morgan fingerprint density at radius 1 is 0.844 bits per heavy atom. The van der Waals surface area contributed by atoms with Crippen molar-refractivity contribution in [2.45, 2.75) is 9.79 Å². The van der Waals surface area contributed by atoms with E-state index in [-0.39, 0.29) is 75.9 Å². The van der Waals surface area contributed by atoms with Crippen molar-refractivity contribution in [2.75, 3.05) is 0 Å². The molecule has 0 fully saturated rings. The van der Waals surface area contributed by atoms with Gasteiger partial charge in [-0.25, -0.2) is 0 Å². The number of azo groups is 1. The maximum atomic E-state index is 11.8. The first-order valence-electron chi connectivity index (χ1n) is 7.79. The second-order valence-corrected chi connectivity index (χ2v) is 8.63. The van der Waals surface area contributed by atoms with E-state index in [2.05, 4.69) is 10.2 Å². The van der Waals surface area contributed by atoms with Crippen LogP contribution in [0.1, 0.15) is 0 Å². The van der Waals surface area contributed by atoms with Gasteiger partial charge in [-0.15, -0.1) is 5.11 Å². The van der Waals surface area contributed by atoms with Crippen molar-refractivity contribution in [3.63, 3.8) is 0 Å². The van der Waals surface area contributed by atoms with Crippen LogP contribution in [0.15, 0.2) is 68.6 Å². The standard InChI is InChI=1S/C16H11N3O9S2.2Na/c20-16-14-9(2-1-3-12(14)29(23,24)25)8-13(30(26,27)28)15(16)18-17-10-4-6-11(7-5-10)19(21)22;;/h1-8,20H,(H,23,24,25)(H,26,27,28);;. The molecule has 2 radical (unpaired) electrons. The van der Waals surface area contributed by atoms with Gasteiger partial charge in [0.25, 0.3) is 25.9 Å². The smallest absolute Gasteiger partial charge is 0.296 e. The zero-order valence-corrected chi connectivity index (χ0v) is 22.2. The van der Waals surface area contributed by atoms with Gasteiger partial charge < -0.3 is 5.11 Å². The molecule has 3 aromatic rings. The summed E-state index contributed by atoms with van der Waals surface area (Å²) in [5, 5.41) is 27.9.